The summed E-state index contributed by atoms with van der Waals surface area (Å²) in [7, 11) is 0.0922. The molecule has 0 saturated carbocycles. The van der Waals surface area contributed by atoms with Crippen LogP contribution in [0.4, 0.5) is 0 Å². The molecule has 0 radical (unpaired) electrons. The van der Waals surface area contributed by atoms with Crippen LogP contribution < -0.4 is 5.43 Å². The van der Waals surface area contributed by atoms with Crippen LogP contribution in [0.5, 0.6) is 0 Å². The third kappa shape index (κ3) is 5.87. The van der Waals surface area contributed by atoms with Crippen LogP contribution in [0.25, 0.3) is 16.7 Å². The van der Waals surface area contributed by atoms with Crippen molar-refractivity contribution in [2.75, 3.05) is 7.11 Å². The third-order valence-corrected chi connectivity index (χ3v) is 5.38. The minimum atomic E-state index is -1.47. The average molecular weight is 462 g/mol. The number of carbonyl (C=O) groups is 1. The summed E-state index contributed by atoms with van der Waals surface area (Å²) in [4.78, 5) is 28.3. The van der Waals surface area contributed by atoms with Crippen LogP contribution in [0.3, 0.4) is 0 Å². The Balaban J connectivity index is 0.000000292. The number of nitrogens with zero attached hydrogens (tertiary/aromatic N) is 2. The number of nitrogens with one attached hydrogen (secondary N) is 1. The molecule has 0 aliphatic carbocycles. The first-order valence-corrected chi connectivity index (χ1v) is 13.8. The second kappa shape index (κ2) is 10.1. The second-order valence-corrected chi connectivity index (χ2v) is 12.6. The minimum absolute atomic E-state index is 0.112. The number of fused-ring (bicyclic) bond motifs is 1. The number of methoxy groups -OCH3 is 1. The van der Waals surface area contributed by atoms with Gasteiger partial charge in [-0.1, -0.05) is 48.5 Å². The van der Waals surface area contributed by atoms with Crippen molar-refractivity contribution in [3.8, 4) is 5.69 Å². The van der Waals surface area contributed by atoms with E-state index in [2.05, 4.69) is 36.3 Å². The number of H-pyrrole nitrogens is 1. The number of pyridine rings is 1. The molecule has 0 saturated heterocycles. The Morgan fingerprint density at radius 2 is 1.64 bits per heavy atom. The number of aromatic nitrogens is 3. The van der Waals surface area contributed by atoms with Gasteiger partial charge in [0.2, 0.25) is 13.7 Å². The molecule has 33 heavy (non-hydrogen) atoms. The molecule has 2 aromatic carbocycles. The highest BCUT2D eigenvalue weighted by Gasteiger charge is 2.18. The molecular weight excluding hydrogens is 434 g/mol. The number of carbonyl (C=O) groups excluding carboxylic acids is 1. The Morgan fingerprint density at radius 1 is 1.03 bits per heavy atom. The molecule has 170 valence electrons. The highest BCUT2D eigenvalue weighted by molar-refractivity contribution is 6.69. The lowest BCUT2D eigenvalue weighted by Gasteiger charge is -2.18. The zero-order valence-electron chi connectivity index (χ0n) is 19.2. The molecule has 0 aliphatic rings. The van der Waals surface area contributed by atoms with Crippen molar-refractivity contribution >= 4 is 25.1 Å². The molecule has 0 unspecified atom stereocenters. The number of ether oxygens (including phenoxy) is 1. The fourth-order valence-electron chi connectivity index (χ4n) is 3.07. The molecule has 0 amide bonds. The van der Waals surface area contributed by atoms with Gasteiger partial charge in [0.15, 0.2) is 5.78 Å². The van der Waals surface area contributed by atoms with Crippen LogP contribution in [-0.4, -0.2) is 36.0 Å². The summed E-state index contributed by atoms with van der Waals surface area (Å²) >= 11 is 0. The van der Waals surface area contributed by atoms with E-state index in [4.69, 9.17) is 9.16 Å². The van der Waals surface area contributed by atoms with E-state index >= 15 is 0 Å². The summed E-state index contributed by atoms with van der Waals surface area (Å²) in [6.45, 7) is 9.79. The molecular formula is C25H27N3O4Si. The van der Waals surface area contributed by atoms with E-state index in [0.29, 0.717) is 22.5 Å². The normalized spacial score (nSPS) is 10.8. The Bertz CT molecular complexity index is 1310. The molecule has 2 aromatic heterocycles. The summed E-state index contributed by atoms with van der Waals surface area (Å²) in [6, 6.07) is 18.3. The lowest BCUT2D eigenvalue weighted by atomic mass is 10.0. The van der Waals surface area contributed by atoms with Crippen molar-refractivity contribution < 1.29 is 14.0 Å². The van der Waals surface area contributed by atoms with Crippen LogP contribution >= 0.6 is 0 Å². The quantitative estimate of drug-likeness (QED) is 0.251. The number of para-hydroxylation sites is 1. The number of rotatable bonds is 6. The zero-order chi connectivity index (χ0) is 24.0. The van der Waals surface area contributed by atoms with Crippen LogP contribution in [0.1, 0.15) is 15.9 Å². The smallest absolute Gasteiger partial charge is 0.257 e. The van der Waals surface area contributed by atoms with Crippen molar-refractivity contribution in [1.82, 2.24) is 14.8 Å². The van der Waals surface area contributed by atoms with Gasteiger partial charge < -0.3 is 14.1 Å². The monoisotopic (exact) mass is 461 g/mol. The number of benzene rings is 2. The van der Waals surface area contributed by atoms with E-state index < -0.39 is 8.32 Å². The van der Waals surface area contributed by atoms with E-state index in [1.807, 2.05) is 36.4 Å². The Hall–Kier alpha value is -3.91. The maximum atomic E-state index is 12.7. The van der Waals surface area contributed by atoms with Gasteiger partial charge in [0.25, 0.3) is 5.95 Å². The van der Waals surface area contributed by atoms with Gasteiger partial charge in [0.05, 0.1) is 29.9 Å². The molecule has 1 N–H and O–H groups in total. The fraction of sp³-hybridized carbons (Fsp3) is 0.160. The first-order chi connectivity index (χ1) is 15.7. The van der Waals surface area contributed by atoms with E-state index in [0.717, 1.165) is 5.69 Å². The lowest BCUT2D eigenvalue weighted by molar-refractivity contribution is 0.103. The fourth-order valence-corrected chi connectivity index (χ4v) is 3.83. The maximum absolute atomic E-state index is 12.7. The maximum Gasteiger partial charge on any atom is 0.257 e. The minimum Gasteiger partial charge on any atom is -0.520 e. The van der Waals surface area contributed by atoms with Gasteiger partial charge in [-0.25, -0.2) is 4.68 Å². The van der Waals surface area contributed by atoms with E-state index in [9.17, 15) is 9.59 Å². The Labute approximate surface area is 193 Å². The average Bonchev–Trinajstić information content (AvgIpc) is 3.24. The first kappa shape index (κ1) is 23.7. The Kier molecular flexibility index (Phi) is 7.29. The standard InChI is InChI=1S/C19H13N3O2.C6H14O2Si/c23-17(13-7-3-1-4-8-13)15-11-20-19-16(18(15)24)12-21-22(19)14-9-5-2-6-10-14;1-6(7-2)8-9(3,4)5/h1-12H,(H,20,24);1H2,2-5H3. The Morgan fingerprint density at radius 3 is 2.18 bits per heavy atom. The van der Waals surface area contributed by atoms with Gasteiger partial charge in [-0.05, 0) is 38.4 Å². The molecule has 0 spiro atoms. The van der Waals surface area contributed by atoms with Gasteiger partial charge in [-0.2, -0.15) is 5.10 Å². The predicted molar refractivity (Wildman–Crippen MR) is 132 cm³/mol. The van der Waals surface area contributed by atoms with Gasteiger partial charge >= 0.3 is 0 Å². The van der Waals surface area contributed by atoms with Gasteiger partial charge in [0.1, 0.15) is 5.65 Å². The molecule has 7 nitrogen and oxygen atoms in total. The molecule has 2 heterocycles. The molecule has 0 fully saturated rings. The van der Waals surface area contributed by atoms with Crippen LogP contribution in [0, 0.1) is 0 Å². The van der Waals surface area contributed by atoms with Crippen molar-refractivity contribution in [3.05, 3.63) is 107 Å². The van der Waals surface area contributed by atoms with Crippen LogP contribution in [-0.2, 0) is 9.16 Å². The van der Waals surface area contributed by atoms with Crippen molar-refractivity contribution in [1.29, 1.82) is 0 Å². The van der Waals surface area contributed by atoms with Crippen molar-refractivity contribution in [2.24, 2.45) is 0 Å². The second-order valence-electron chi connectivity index (χ2n) is 8.17. The summed E-state index contributed by atoms with van der Waals surface area (Å²) in [5.74, 6) is 0.125. The molecule has 4 rings (SSSR count). The predicted octanol–water partition coefficient (Wildman–Crippen LogP) is 4.90. The SMILES string of the molecule is C=C(OC)O[Si](C)(C)C.O=C(c1ccccc1)c1c[nH]c2c(cnn2-c2ccccc2)c1=O. The highest BCUT2D eigenvalue weighted by atomic mass is 28.4. The van der Waals surface area contributed by atoms with Gasteiger partial charge in [-0.15, -0.1) is 0 Å². The summed E-state index contributed by atoms with van der Waals surface area (Å²) in [5, 5.41) is 4.66. The summed E-state index contributed by atoms with van der Waals surface area (Å²) < 4.78 is 11.7. The van der Waals surface area contributed by atoms with E-state index in [1.165, 1.54) is 12.4 Å². The van der Waals surface area contributed by atoms with E-state index in [-0.39, 0.29) is 16.8 Å². The molecule has 8 heteroatoms. The molecule has 4 aromatic rings. The topological polar surface area (TPSA) is 86.2 Å². The van der Waals surface area contributed by atoms with Gasteiger partial charge in [0, 0.05) is 11.8 Å². The third-order valence-electron chi connectivity index (χ3n) is 4.54. The van der Waals surface area contributed by atoms with Crippen molar-refractivity contribution in [3.63, 3.8) is 0 Å². The van der Waals surface area contributed by atoms with Crippen LogP contribution in [0.2, 0.25) is 19.6 Å². The number of hydrogen-bond donors (Lipinski definition) is 1. The van der Waals surface area contributed by atoms with Gasteiger partial charge in [-0.3, -0.25) is 9.59 Å². The van der Waals surface area contributed by atoms with Crippen molar-refractivity contribution in [2.45, 2.75) is 19.6 Å². The first-order valence-electron chi connectivity index (χ1n) is 10.4. The largest absolute Gasteiger partial charge is 0.520 e. The summed E-state index contributed by atoms with van der Waals surface area (Å²) in [6.07, 6.45) is 2.95. The molecule has 0 aliphatic heterocycles. The lowest BCUT2D eigenvalue weighted by Crippen LogP contribution is -2.24. The summed E-state index contributed by atoms with van der Waals surface area (Å²) in [5.41, 5.74) is 1.68. The number of hydrogen-bond acceptors (Lipinski definition) is 5. The molecule has 0 bridgehead atoms. The van der Waals surface area contributed by atoms with E-state index in [1.54, 1.807) is 36.1 Å². The molecule has 0 atom stereocenters. The zero-order valence-corrected chi connectivity index (χ0v) is 20.2. The highest BCUT2D eigenvalue weighted by Crippen LogP contribution is 2.15. The number of ketones is 1. The number of aromatic amines is 1. The van der Waals surface area contributed by atoms with Crippen LogP contribution in [0.15, 0.2) is 90.4 Å².